The van der Waals surface area contributed by atoms with Crippen molar-refractivity contribution < 1.29 is 4.79 Å². The minimum Gasteiger partial charge on any atom is -0.326 e. The predicted molar refractivity (Wildman–Crippen MR) is 97.3 cm³/mol. The van der Waals surface area contributed by atoms with E-state index in [1.54, 1.807) is 0 Å². The average molecular weight is 321 g/mol. The van der Waals surface area contributed by atoms with Gasteiger partial charge in [0, 0.05) is 18.1 Å². The molecule has 0 spiro atoms. The zero-order chi connectivity index (χ0) is 16.9. The lowest BCUT2D eigenvalue weighted by Crippen LogP contribution is -2.14. The Kier molecular flexibility index (Phi) is 4.94. The maximum atomic E-state index is 12.2. The second kappa shape index (κ2) is 7.30. The van der Waals surface area contributed by atoms with Gasteiger partial charge < -0.3 is 9.72 Å². The molecule has 0 unspecified atom stereocenters. The van der Waals surface area contributed by atoms with E-state index < -0.39 is 0 Å². The van der Waals surface area contributed by atoms with Gasteiger partial charge in [-0.1, -0.05) is 25.5 Å². The third-order valence-electron chi connectivity index (χ3n) is 4.06. The first-order valence-corrected chi connectivity index (χ1v) is 8.47. The van der Waals surface area contributed by atoms with Gasteiger partial charge in [-0.3, -0.25) is 4.79 Å². The van der Waals surface area contributed by atoms with E-state index in [1.807, 2.05) is 48.0 Å². The first kappa shape index (κ1) is 16.2. The number of carbonyl (C=O) groups excluding carboxylic acids is 1. The normalized spacial score (nSPS) is 10.9. The number of fused-ring (bicyclic) bond motifs is 1. The molecular weight excluding hydrogens is 298 g/mol. The highest BCUT2D eigenvalue weighted by atomic mass is 16.1. The Morgan fingerprint density at radius 3 is 2.75 bits per heavy atom. The van der Waals surface area contributed by atoms with Crippen LogP contribution in [0.3, 0.4) is 0 Å². The number of rotatable bonds is 6. The largest absolute Gasteiger partial charge is 0.326 e. The molecule has 0 aliphatic carbocycles. The van der Waals surface area contributed by atoms with E-state index in [-0.39, 0.29) is 12.3 Å². The van der Waals surface area contributed by atoms with Crippen LogP contribution in [0.25, 0.3) is 5.65 Å². The van der Waals surface area contributed by atoms with Crippen LogP contribution in [0.4, 0.5) is 5.69 Å². The van der Waals surface area contributed by atoms with Gasteiger partial charge >= 0.3 is 0 Å². The number of nitrogens with zero attached hydrogens (tertiary/aromatic N) is 2. The zero-order valence-electron chi connectivity index (χ0n) is 14.2. The number of imidazole rings is 1. The lowest BCUT2D eigenvalue weighted by molar-refractivity contribution is -0.115. The Balaban J connectivity index is 1.61. The van der Waals surface area contributed by atoms with Crippen molar-refractivity contribution in [2.24, 2.45) is 0 Å². The quantitative estimate of drug-likeness (QED) is 0.741. The summed E-state index contributed by atoms with van der Waals surface area (Å²) < 4.78 is 1.94. The van der Waals surface area contributed by atoms with Crippen molar-refractivity contribution in [1.29, 1.82) is 0 Å². The minimum atomic E-state index is -0.0450. The Morgan fingerprint density at radius 2 is 2.00 bits per heavy atom. The Labute approximate surface area is 142 Å². The van der Waals surface area contributed by atoms with E-state index in [0.29, 0.717) is 0 Å². The molecule has 0 saturated heterocycles. The maximum Gasteiger partial charge on any atom is 0.230 e. The molecule has 0 radical (unpaired) electrons. The van der Waals surface area contributed by atoms with Crippen LogP contribution in [0.2, 0.25) is 0 Å². The average Bonchev–Trinajstić information content (AvgIpc) is 2.95. The lowest BCUT2D eigenvalue weighted by atomic mass is 10.1. The molecule has 4 nitrogen and oxygen atoms in total. The van der Waals surface area contributed by atoms with Gasteiger partial charge in [-0.2, -0.15) is 0 Å². The second-order valence-corrected chi connectivity index (χ2v) is 6.23. The number of pyridine rings is 1. The molecule has 0 fully saturated rings. The van der Waals surface area contributed by atoms with Gasteiger partial charge in [-0.05, 0) is 55.2 Å². The SMILES string of the molecule is CCCCc1ccc(NC(=O)Cc2cn3ccc(C)cc3n2)cc1. The number of hydrogen-bond acceptors (Lipinski definition) is 2. The minimum absolute atomic E-state index is 0.0450. The molecule has 124 valence electrons. The number of aryl methyl sites for hydroxylation is 2. The van der Waals surface area contributed by atoms with E-state index in [0.717, 1.165) is 29.0 Å². The van der Waals surface area contributed by atoms with Crippen molar-refractivity contribution in [2.45, 2.75) is 39.5 Å². The highest BCUT2D eigenvalue weighted by molar-refractivity contribution is 5.92. The summed E-state index contributed by atoms with van der Waals surface area (Å²) in [5.74, 6) is -0.0450. The molecule has 3 aromatic rings. The van der Waals surface area contributed by atoms with Crippen molar-refractivity contribution in [2.75, 3.05) is 5.32 Å². The van der Waals surface area contributed by atoms with Gasteiger partial charge in [-0.15, -0.1) is 0 Å². The Hall–Kier alpha value is -2.62. The third kappa shape index (κ3) is 4.02. The van der Waals surface area contributed by atoms with Gasteiger partial charge in [0.15, 0.2) is 0 Å². The summed E-state index contributed by atoms with van der Waals surface area (Å²) in [6.07, 6.45) is 7.62. The predicted octanol–water partition coefficient (Wildman–Crippen LogP) is 4.17. The lowest BCUT2D eigenvalue weighted by Gasteiger charge is -2.05. The monoisotopic (exact) mass is 321 g/mol. The first-order valence-electron chi connectivity index (χ1n) is 8.47. The fraction of sp³-hybridized carbons (Fsp3) is 0.300. The molecule has 1 aromatic carbocycles. The van der Waals surface area contributed by atoms with Crippen LogP contribution < -0.4 is 5.32 Å². The fourth-order valence-corrected chi connectivity index (χ4v) is 2.73. The number of unbranched alkanes of at least 4 members (excludes halogenated alkanes) is 1. The number of aromatic nitrogens is 2. The van der Waals surface area contributed by atoms with Gasteiger partial charge in [-0.25, -0.2) is 4.98 Å². The number of anilines is 1. The van der Waals surface area contributed by atoms with E-state index >= 15 is 0 Å². The molecule has 24 heavy (non-hydrogen) atoms. The van der Waals surface area contributed by atoms with Crippen LogP contribution in [-0.4, -0.2) is 15.3 Å². The molecule has 4 heteroatoms. The third-order valence-corrected chi connectivity index (χ3v) is 4.06. The molecule has 0 saturated carbocycles. The van der Waals surface area contributed by atoms with Crippen molar-refractivity contribution >= 4 is 17.2 Å². The summed E-state index contributed by atoms with van der Waals surface area (Å²) in [5.41, 5.74) is 4.95. The molecular formula is C20H23N3O. The zero-order valence-corrected chi connectivity index (χ0v) is 14.2. The summed E-state index contributed by atoms with van der Waals surface area (Å²) in [4.78, 5) is 16.7. The molecule has 0 atom stereocenters. The molecule has 0 aliphatic heterocycles. The van der Waals surface area contributed by atoms with Crippen molar-refractivity contribution in [3.63, 3.8) is 0 Å². The summed E-state index contributed by atoms with van der Waals surface area (Å²) in [6.45, 7) is 4.22. The van der Waals surface area contributed by atoms with E-state index in [9.17, 15) is 4.79 Å². The molecule has 0 aliphatic rings. The molecule has 3 rings (SSSR count). The van der Waals surface area contributed by atoms with Gasteiger partial charge in [0.05, 0.1) is 12.1 Å². The second-order valence-electron chi connectivity index (χ2n) is 6.23. The molecule has 1 N–H and O–H groups in total. The van der Waals surface area contributed by atoms with Crippen LogP contribution in [0.15, 0.2) is 48.8 Å². The number of nitrogens with one attached hydrogen (secondary N) is 1. The summed E-state index contributed by atoms with van der Waals surface area (Å²) in [6, 6.07) is 12.1. The molecule has 0 bridgehead atoms. The Morgan fingerprint density at radius 1 is 1.21 bits per heavy atom. The van der Waals surface area contributed by atoms with Crippen molar-refractivity contribution in [3.8, 4) is 0 Å². The summed E-state index contributed by atoms with van der Waals surface area (Å²) in [5, 5.41) is 2.94. The van der Waals surface area contributed by atoms with Crippen LogP contribution in [-0.2, 0) is 17.6 Å². The van der Waals surface area contributed by atoms with Crippen molar-refractivity contribution in [3.05, 3.63) is 65.6 Å². The van der Waals surface area contributed by atoms with Gasteiger partial charge in [0.2, 0.25) is 5.91 Å². The Bertz CT molecular complexity index is 834. The highest BCUT2D eigenvalue weighted by Gasteiger charge is 2.08. The summed E-state index contributed by atoms with van der Waals surface area (Å²) in [7, 11) is 0. The van der Waals surface area contributed by atoms with E-state index in [4.69, 9.17) is 0 Å². The molecule has 2 heterocycles. The smallest absolute Gasteiger partial charge is 0.230 e. The van der Waals surface area contributed by atoms with Crippen molar-refractivity contribution in [1.82, 2.24) is 9.38 Å². The first-order chi connectivity index (χ1) is 11.6. The van der Waals surface area contributed by atoms with Gasteiger partial charge in [0.1, 0.15) is 5.65 Å². The summed E-state index contributed by atoms with van der Waals surface area (Å²) >= 11 is 0. The number of carbonyl (C=O) groups is 1. The topological polar surface area (TPSA) is 46.4 Å². The fourth-order valence-electron chi connectivity index (χ4n) is 2.73. The van der Waals surface area contributed by atoms with E-state index in [2.05, 4.69) is 29.4 Å². The highest BCUT2D eigenvalue weighted by Crippen LogP contribution is 2.13. The molecule has 2 aromatic heterocycles. The maximum absolute atomic E-state index is 12.2. The van der Waals surface area contributed by atoms with E-state index in [1.165, 1.54) is 18.4 Å². The van der Waals surface area contributed by atoms with Crippen LogP contribution >= 0.6 is 0 Å². The number of benzene rings is 1. The van der Waals surface area contributed by atoms with Crippen LogP contribution in [0.5, 0.6) is 0 Å². The molecule has 1 amide bonds. The number of hydrogen-bond donors (Lipinski definition) is 1. The number of amides is 1. The standard InChI is InChI=1S/C20H23N3O/c1-3-4-5-16-6-8-17(9-7-16)22-20(24)13-18-14-23-11-10-15(2)12-19(23)21-18/h6-12,14H,3-5,13H2,1-2H3,(H,22,24). The van der Waals surface area contributed by atoms with Crippen LogP contribution in [0, 0.1) is 6.92 Å². The van der Waals surface area contributed by atoms with Crippen LogP contribution in [0.1, 0.15) is 36.6 Å². The van der Waals surface area contributed by atoms with Gasteiger partial charge in [0.25, 0.3) is 0 Å².